The summed E-state index contributed by atoms with van der Waals surface area (Å²) in [4.78, 5) is 0. The van der Waals surface area contributed by atoms with Crippen LogP contribution in [0.5, 0.6) is 0 Å². The van der Waals surface area contributed by atoms with Crippen molar-refractivity contribution in [3.63, 3.8) is 0 Å². The van der Waals surface area contributed by atoms with E-state index < -0.39 is 0 Å². The lowest BCUT2D eigenvalue weighted by atomic mass is 9.47. The lowest BCUT2D eigenvalue weighted by molar-refractivity contribution is -0.0576. The lowest BCUT2D eigenvalue weighted by Gasteiger charge is -2.58. The molecule has 0 amide bonds. The normalized spacial score (nSPS) is 43.6. The van der Waals surface area contributed by atoms with Crippen LogP contribution in [0.4, 0.5) is 0 Å². The van der Waals surface area contributed by atoms with Gasteiger partial charge < -0.3 is 5.11 Å². The molecule has 0 aromatic carbocycles. The molecule has 3 fully saturated rings. The Balaban J connectivity index is 1.47. The molecule has 8 atom stereocenters. The van der Waals surface area contributed by atoms with E-state index in [9.17, 15) is 5.11 Å². The molecule has 4 aliphatic carbocycles. The van der Waals surface area contributed by atoms with Crippen molar-refractivity contribution in [2.75, 3.05) is 0 Å². The fraction of sp³-hybridized carbons (Fsp3) is 0.933. The van der Waals surface area contributed by atoms with Crippen LogP contribution in [0.1, 0.15) is 113 Å². The molecule has 1 N–H and O–H groups in total. The van der Waals surface area contributed by atoms with E-state index in [1.807, 2.05) is 0 Å². The van der Waals surface area contributed by atoms with Gasteiger partial charge in [-0.05, 0) is 116 Å². The molecule has 0 aromatic rings. The summed E-state index contributed by atoms with van der Waals surface area (Å²) in [6, 6.07) is 0. The summed E-state index contributed by atoms with van der Waals surface area (Å²) >= 11 is 0. The van der Waals surface area contributed by atoms with Crippen LogP contribution in [0.2, 0.25) is 0 Å². The van der Waals surface area contributed by atoms with Gasteiger partial charge in [-0.25, -0.2) is 0 Å². The minimum absolute atomic E-state index is 0.0815. The minimum Gasteiger partial charge on any atom is -0.393 e. The zero-order valence-electron chi connectivity index (χ0n) is 21.8. The van der Waals surface area contributed by atoms with Gasteiger partial charge in [-0.1, -0.05) is 66.5 Å². The average Bonchev–Trinajstić information content (AvgIpc) is 3.05. The van der Waals surface area contributed by atoms with E-state index >= 15 is 0 Å². The summed E-state index contributed by atoms with van der Waals surface area (Å²) in [5.41, 5.74) is 2.57. The average molecular weight is 429 g/mol. The van der Waals surface area contributed by atoms with Gasteiger partial charge in [-0.2, -0.15) is 0 Å². The molecule has 0 spiro atoms. The van der Waals surface area contributed by atoms with Gasteiger partial charge in [0, 0.05) is 0 Å². The van der Waals surface area contributed by atoms with Gasteiger partial charge in [0.1, 0.15) is 0 Å². The van der Waals surface area contributed by atoms with E-state index in [1.54, 1.807) is 5.57 Å². The number of fused-ring (bicyclic) bond motifs is 5. The number of rotatable bonds is 6. The first-order valence-electron chi connectivity index (χ1n) is 14.0. The van der Waals surface area contributed by atoms with E-state index in [4.69, 9.17) is 0 Å². The number of aliphatic hydroxyl groups is 1. The summed E-state index contributed by atoms with van der Waals surface area (Å²) in [7, 11) is 0. The largest absolute Gasteiger partial charge is 0.393 e. The molecule has 0 saturated heterocycles. The smallest absolute Gasteiger partial charge is 0.0577 e. The van der Waals surface area contributed by atoms with Crippen molar-refractivity contribution >= 4 is 0 Å². The van der Waals surface area contributed by atoms with Crippen molar-refractivity contribution in [2.24, 2.45) is 58.2 Å². The maximum atomic E-state index is 10.3. The van der Waals surface area contributed by atoms with Crippen LogP contribution in [-0.4, -0.2) is 11.2 Å². The van der Waals surface area contributed by atoms with Crippen LogP contribution in [-0.2, 0) is 0 Å². The van der Waals surface area contributed by atoms with Crippen LogP contribution in [0.3, 0.4) is 0 Å². The molecule has 0 aromatic heterocycles. The highest BCUT2D eigenvalue weighted by molar-refractivity contribution is 5.25. The zero-order chi connectivity index (χ0) is 22.6. The molecule has 1 nitrogen and oxygen atoms in total. The van der Waals surface area contributed by atoms with Crippen molar-refractivity contribution in [2.45, 2.75) is 119 Å². The molecular weight excluding hydrogens is 376 g/mol. The molecule has 4 rings (SSSR count). The predicted molar refractivity (Wildman–Crippen MR) is 133 cm³/mol. The highest BCUT2D eigenvalue weighted by Crippen LogP contribution is 2.67. The summed E-state index contributed by atoms with van der Waals surface area (Å²) in [6.07, 6.45) is 15.7. The number of hydrogen-bond acceptors (Lipinski definition) is 1. The quantitative estimate of drug-likeness (QED) is 0.422. The van der Waals surface area contributed by atoms with Gasteiger partial charge in [0.05, 0.1) is 6.10 Å². The van der Waals surface area contributed by atoms with E-state index in [1.165, 1.54) is 51.4 Å². The minimum atomic E-state index is -0.0815. The summed E-state index contributed by atoms with van der Waals surface area (Å²) in [5.74, 6) is 7.03. The third kappa shape index (κ3) is 4.08. The molecule has 0 unspecified atom stereocenters. The van der Waals surface area contributed by atoms with Crippen LogP contribution < -0.4 is 0 Å². The van der Waals surface area contributed by atoms with Crippen molar-refractivity contribution < 1.29 is 5.11 Å². The molecule has 0 bridgehead atoms. The first kappa shape index (κ1) is 23.8. The predicted octanol–water partition coefficient (Wildman–Crippen LogP) is 8.27. The SMILES string of the molecule is CC(C)C(CC[C@@H](C)[C@H]1CC[C@H]2[C@@H]3CC=C4C[C@H](O)CC[C@]4(C)[C@H]3CC[C@]12C)C(C)C. The number of aliphatic hydroxyl groups excluding tert-OH is 1. The first-order chi connectivity index (χ1) is 14.6. The molecule has 1 heteroatoms. The van der Waals surface area contributed by atoms with Gasteiger partial charge in [-0.15, -0.1) is 0 Å². The van der Waals surface area contributed by atoms with Crippen LogP contribution in [0, 0.1) is 58.2 Å². The molecular formula is C30H52O. The second-order valence-corrected chi connectivity index (χ2v) is 13.6. The van der Waals surface area contributed by atoms with Gasteiger partial charge in [0.25, 0.3) is 0 Å². The molecule has 0 heterocycles. The summed E-state index contributed by atoms with van der Waals surface area (Å²) in [5, 5.41) is 10.3. The Morgan fingerprint density at radius 3 is 2.29 bits per heavy atom. The van der Waals surface area contributed by atoms with Crippen LogP contribution in [0.15, 0.2) is 11.6 Å². The van der Waals surface area contributed by atoms with E-state index in [0.717, 1.165) is 60.2 Å². The van der Waals surface area contributed by atoms with E-state index in [2.05, 4.69) is 54.5 Å². The third-order valence-electron chi connectivity index (χ3n) is 11.5. The monoisotopic (exact) mass is 428 g/mol. The lowest BCUT2D eigenvalue weighted by Crippen LogP contribution is -2.50. The summed E-state index contributed by atoms with van der Waals surface area (Å²) < 4.78 is 0. The van der Waals surface area contributed by atoms with E-state index in [-0.39, 0.29) is 6.10 Å². The van der Waals surface area contributed by atoms with Gasteiger partial charge >= 0.3 is 0 Å². The Bertz CT molecular complexity index is 653. The maximum absolute atomic E-state index is 10.3. The van der Waals surface area contributed by atoms with Gasteiger partial charge in [-0.3, -0.25) is 0 Å². The fourth-order valence-corrected chi connectivity index (χ4v) is 9.71. The second kappa shape index (κ2) is 8.81. The third-order valence-corrected chi connectivity index (χ3v) is 11.5. The molecule has 0 radical (unpaired) electrons. The Morgan fingerprint density at radius 2 is 1.61 bits per heavy atom. The highest BCUT2D eigenvalue weighted by Gasteiger charge is 2.59. The number of allylic oxidation sites excluding steroid dienone is 1. The fourth-order valence-electron chi connectivity index (χ4n) is 9.71. The van der Waals surface area contributed by atoms with Crippen molar-refractivity contribution in [3.05, 3.63) is 11.6 Å². The molecule has 3 saturated carbocycles. The highest BCUT2D eigenvalue weighted by atomic mass is 16.3. The topological polar surface area (TPSA) is 20.2 Å². The van der Waals surface area contributed by atoms with Crippen LogP contribution in [0.25, 0.3) is 0 Å². The standard InChI is InChI=1S/C30H52O/c1-19(2)24(20(3)4)10-8-21(5)26-12-13-27-25-11-9-22-18-23(31)14-16-29(22,6)28(25)15-17-30(26,27)7/h9,19-21,23-28,31H,8,10-18H2,1-7H3/t21-,23-,25+,26-,27+,28+,29+,30-/m1/s1. The van der Waals surface area contributed by atoms with Crippen molar-refractivity contribution in [1.82, 2.24) is 0 Å². The first-order valence-corrected chi connectivity index (χ1v) is 14.0. The van der Waals surface area contributed by atoms with Gasteiger partial charge in [0.15, 0.2) is 0 Å². The molecule has 178 valence electrons. The molecule has 0 aliphatic heterocycles. The summed E-state index contributed by atoms with van der Waals surface area (Å²) in [6.45, 7) is 17.6. The Labute approximate surface area is 193 Å². The maximum Gasteiger partial charge on any atom is 0.0577 e. The molecule has 4 aliphatic rings. The van der Waals surface area contributed by atoms with Crippen molar-refractivity contribution in [3.8, 4) is 0 Å². The van der Waals surface area contributed by atoms with Crippen LogP contribution >= 0.6 is 0 Å². The Morgan fingerprint density at radius 1 is 0.903 bits per heavy atom. The van der Waals surface area contributed by atoms with E-state index in [0.29, 0.717) is 10.8 Å². The second-order valence-electron chi connectivity index (χ2n) is 13.6. The number of hydrogen-bond donors (Lipinski definition) is 1. The Kier molecular flexibility index (Phi) is 6.78. The molecule has 31 heavy (non-hydrogen) atoms. The zero-order valence-corrected chi connectivity index (χ0v) is 21.8. The van der Waals surface area contributed by atoms with Gasteiger partial charge in [0.2, 0.25) is 0 Å². The van der Waals surface area contributed by atoms with Crippen molar-refractivity contribution in [1.29, 1.82) is 0 Å². The Hall–Kier alpha value is -0.300.